The minimum absolute atomic E-state index is 0.0491. The number of aryl methyl sites for hydroxylation is 1. The third-order valence-electron chi connectivity index (χ3n) is 5.26. The number of morpholine rings is 1. The van der Waals surface area contributed by atoms with E-state index >= 15 is 0 Å². The molecule has 0 spiro atoms. The molecule has 0 bridgehead atoms. The summed E-state index contributed by atoms with van der Waals surface area (Å²) in [5.74, 6) is 0.524. The molecule has 0 unspecified atom stereocenters. The first-order valence-electron chi connectivity index (χ1n) is 10.3. The van der Waals surface area contributed by atoms with Crippen molar-refractivity contribution in [1.29, 1.82) is 0 Å². The molecule has 0 aliphatic carbocycles. The quantitative estimate of drug-likeness (QED) is 0.483. The lowest BCUT2D eigenvalue weighted by Gasteiger charge is -2.26. The van der Waals surface area contributed by atoms with Gasteiger partial charge in [0.2, 0.25) is 10.0 Å². The summed E-state index contributed by atoms with van der Waals surface area (Å²) < 4.78 is 63.6. The van der Waals surface area contributed by atoms with Crippen molar-refractivity contribution in [2.24, 2.45) is 0 Å². The number of aromatic nitrogens is 2. The number of hydrogen-bond donors (Lipinski definition) is 0. The van der Waals surface area contributed by atoms with E-state index in [-0.39, 0.29) is 10.6 Å². The molecule has 33 heavy (non-hydrogen) atoms. The first kappa shape index (κ1) is 23.6. The van der Waals surface area contributed by atoms with Gasteiger partial charge in [-0.1, -0.05) is 23.7 Å². The highest BCUT2D eigenvalue weighted by atomic mass is 35.5. The van der Waals surface area contributed by atoms with Crippen LogP contribution < -0.4 is 4.74 Å². The van der Waals surface area contributed by atoms with E-state index < -0.39 is 16.6 Å². The zero-order valence-electron chi connectivity index (χ0n) is 17.7. The number of halogens is 3. The molecule has 1 aromatic heterocycles. The van der Waals surface area contributed by atoms with E-state index in [4.69, 9.17) is 16.3 Å². The summed E-state index contributed by atoms with van der Waals surface area (Å²) in [7, 11) is -3.65. The zero-order valence-corrected chi connectivity index (χ0v) is 19.3. The predicted octanol–water partition coefficient (Wildman–Crippen LogP) is 4.42. The molecule has 7 nitrogen and oxygen atoms in total. The number of hydrogen-bond acceptors (Lipinski definition) is 5. The average Bonchev–Trinajstić information content (AvgIpc) is 3.18. The minimum Gasteiger partial charge on any atom is -0.435 e. The van der Waals surface area contributed by atoms with E-state index in [1.807, 2.05) is 11.5 Å². The van der Waals surface area contributed by atoms with Gasteiger partial charge in [-0.25, -0.2) is 13.4 Å². The lowest BCUT2D eigenvalue weighted by Crippen LogP contribution is -2.40. The van der Waals surface area contributed by atoms with E-state index in [1.54, 1.807) is 36.4 Å². The van der Waals surface area contributed by atoms with Crippen molar-refractivity contribution in [3.05, 3.63) is 53.9 Å². The van der Waals surface area contributed by atoms with Crippen LogP contribution in [0.4, 0.5) is 8.78 Å². The molecule has 2 heterocycles. The summed E-state index contributed by atoms with van der Waals surface area (Å²) in [6, 6.07) is 10.9. The van der Waals surface area contributed by atoms with Crippen LogP contribution in [-0.2, 0) is 21.3 Å². The van der Waals surface area contributed by atoms with Crippen LogP contribution >= 0.6 is 11.6 Å². The zero-order chi connectivity index (χ0) is 23.6. The van der Waals surface area contributed by atoms with Crippen LogP contribution in [0.1, 0.15) is 18.3 Å². The van der Waals surface area contributed by atoms with Gasteiger partial charge in [-0.2, -0.15) is 13.1 Å². The monoisotopic (exact) mass is 497 g/mol. The molecule has 3 aromatic rings. The molecule has 0 atom stereocenters. The number of alkyl halides is 2. The van der Waals surface area contributed by atoms with Gasteiger partial charge in [0, 0.05) is 19.6 Å². The van der Waals surface area contributed by atoms with Crippen LogP contribution in [0.3, 0.4) is 0 Å². The second kappa shape index (κ2) is 9.76. The summed E-state index contributed by atoms with van der Waals surface area (Å²) >= 11 is 6.56. The van der Waals surface area contributed by atoms with Crippen LogP contribution in [0, 0.1) is 0 Å². The Labute approximate surface area is 195 Å². The fourth-order valence-corrected chi connectivity index (χ4v) is 5.36. The van der Waals surface area contributed by atoms with E-state index in [0.29, 0.717) is 54.8 Å². The standard InChI is InChI=1S/C22H22ClF2N3O4S/c1-2-28-20-8-7-17(33(29,30)27-9-11-31-12-10-27)14-19(20)26-21(28)18(23)13-15-3-5-16(6-4-15)32-22(24)25/h3-8,13-14,22H,2,9-12H2,1H3/b18-13-. The van der Waals surface area contributed by atoms with Gasteiger partial charge < -0.3 is 14.0 Å². The smallest absolute Gasteiger partial charge is 0.387 e. The fourth-order valence-electron chi connectivity index (χ4n) is 3.66. The summed E-state index contributed by atoms with van der Waals surface area (Å²) in [6.07, 6.45) is 1.66. The highest BCUT2D eigenvalue weighted by Gasteiger charge is 2.27. The van der Waals surface area contributed by atoms with Gasteiger partial charge >= 0.3 is 6.61 Å². The molecule has 1 saturated heterocycles. The van der Waals surface area contributed by atoms with Crippen molar-refractivity contribution in [3.8, 4) is 5.75 Å². The predicted molar refractivity (Wildman–Crippen MR) is 122 cm³/mol. The van der Waals surface area contributed by atoms with Crippen molar-refractivity contribution in [2.75, 3.05) is 26.3 Å². The number of nitrogens with zero attached hydrogens (tertiary/aromatic N) is 3. The molecule has 1 aliphatic rings. The molecular formula is C22H22ClF2N3O4S. The van der Waals surface area contributed by atoms with Crippen molar-refractivity contribution >= 4 is 43.8 Å². The summed E-state index contributed by atoms with van der Waals surface area (Å²) in [4.78, 5) is 4.75. The molecule has 0 radical (unpaired) electrons. The second-order valence-corrected chi connectivity index (χ2v) is 9.63. The average molecular weight is 498 g/mol. The number of ether oxygens (including phenoxy) is 2. The summed E-state index contributed by atoms with van der Waals surface area (Å²) in [6.45, 7) is 0.958. The molecule has 11 heteroatoms. The van der Waals surface area contributed by atoms with Crippen molar-refractivity contribution in [2.45, 2.75) is 25.0 Å². The number of rotatable bonds is 7. The molecule has 0 amide bonds. The number of fused-ring (bicyclic) bond motifs is 1. The van der Waals surface area contributed by atoms with Crippen molar-refractivity contribution < 1.29 is 26.7 Å². The second-order valence-electron chi connectivity index (χ2n) is 7.29. The van der Waals surface area contributed by atoms with Crippen LogP contribution in [0.15, 0.2) is 47.4 Å². The number of imidazole rings is 1. The Morgan fingerprint density at radius 3 is 2.55 bits per heavy atom. The first-order valence-corrected chi connectivity index (χ1v) is 12.1. The lowest BCUT2D eigenvalue weighted by molar-refractivity contribution is -0.0498. The van der Waals surface area contributed by atoms with E-state index in [1.165, 1.54) is 16.4 Å². The molecule has 0 N–H and O–H groups in total. The molecule has 1 aliphatic heterocycles. The lowest BCUT2D eigenvalue weighted by atomic mass is 10.2. The number of sulfonamides is 1. The summed E-state index contributed by atoms with van der Waals surface area (Å²) in [5.41, 5.74) is 1.93. The normalized spacial score (nSPS) is 16.0. The fraction of sp³-hybridized carbons (Fsp3) is 0.318. The highest BCUT2D eigenvalue weighted by molar-refractivity contribution is 7.89. The van der Waals surface area contributed by atoms with Gasteiger partial charge in [0.15, 0.2) is 5.82 Å². The maximum absolute atomic E-state index is 13.0. The van der Waals surface area contributed by atoms with Crippen LogP contribution in [0.2, 0.25) is 0 Å². The van der Waals surface area contributed by atoms with Crippen LogP contribution in [-0.4, -0.2) is 55.2 Å². The van der Waals surface area contributed by atoms with E-state index in [9.17, 15) is 17.2 Å². The Kier molecular flexibility index (Phi) is 6.99. The molecule has 2 aromatic carbocycles. The van der Waals surface area contributed by atoms with Gasteiger partial charge in [0.25, 0.3) is 0 Å². The summed E-state index contributed by atoms with van der Waals surface area (Å²) in [5, 5.41) is 0.327. The third kappa shape index (κ3) is 5.03. The maximum Gasteiger partial charge on any atom is 0.387 e. The molecule has 0 saturated carbocycles. The Bertz CT molecular complexity index is 1270. The minimum atomic E-state index is -3.65. The maximum atomic E-state index is 13.0. The topological polar surface area (TPSA) is 73.7 Å². The molecule has 176 valence electrons. The van der Waals surface area contributed by atoms with Crippen molar-refractivity contribution in [3.63, 3.8) is 0 Å². The first-order chi connectivity index (χ1) is 15.8. The number of benzene rings is 2. The SMILES string of the molecule is CCn1c(/C(Cl)=C/c2ccc(OC(F)F)cc2)nc2cc(S(=O)(=O)N3CCOCC3)ccc21. The highest BCUT2D eigenvalue weighted by Crippen LogP contribution is 2.29. The van der Waals surface area contributed by atoms with Crippen LogP contribution in [0.5, 0.6) is 5.75 Å². The molecule has 4 rings (SSSR count). The largest absolute Gasteiger partial charge is 0.435 e. The molecule has 1 fully saturated rings. The van der Waals surface area contributed by atoms with E-state index in [0.717, 1.165) is 5.52 Å². The van der Waals surface area contributed by atoms with Gasteiger partial charge in [0.05, 0.1) is 34.2 Å². The third-order valence-corrected chi connectivity index (χ3v) is 7.43. The Hall–Kier alpha value is -2.53. The van der Waals surface area contributed by atoms with E-state index in [2.05, 4.69) is 9.72 Å². The van der Waals surface area contributed by atoms with Gasteiger partial charge in [-0.05, 0) is 48.9 Å². The van der Waals surface area contributed by atoms with Gasteiger partial charge in [-0.15, -0.1) is 0 Å². The van der Waals surface area contributed by atoms with Gasteiger partial charge in [0.1, 0.15) is 5.75 Å². The Balaban J connectivity index is 1.67. The molecular weight excluding hydrogens is 476 g/mol. The Morgan fingerprint density at radius 2 is 1.91 bits per heavy atom. The van der Waals surface area contributed by atoms with Crippen LogP contribution in [0.25, 0.3) is 22.1 Å². The Morgan fingerprint density at radius 1 is 1.21 bits per heavy atom. The van der Waals surface area contributed by atoms with Gasteiger partial charge in [-0.3, -0.25) is 0 Å². The van der Waals surface area contributed by atoms with Crippen molar-refractivity contribution in [1.82, 2.24) is 13.9 Å².